The summed E-state index contributed by atoms with van der Waals surface area (Å²) in [7, 11) is 0. The Bertz CT molecular complexity index is 1700. The highest BCUT2D eigenvalue weighted by atomic mass is 32.1. The van der Waals surface area contributed by atoms with E-state index in [9.17, 15) is 19.1 Å². The highest BCUT2D eigenvalue weighted by molar-refractivity contribution is 7.22. The molecule has 41 heavy (non-hydrogen) atoms. The zero-order chi connectivity index (χ0) is 28.7. The fourth-order valence-electron chi connectivity index (χ4n) is 5.38. The van der Waals surface area contributed by atoms with Gasteiger partial charge in [0, 0.05) is 12.0 Å². The largest absolute Gasteiger partial charge is 0.507 e. The maximum absolute atomic E-state index is 14.0. The Hall–Kier alpha value is -4.24. The number of ether oxygens (including phenoxy) is 2. The van der Waals surface area contributed by atoms with E-state index in [2.05, 4.69) is 11.9 Å². The van der Waals surface area contributed by atoms with Gasteiger partial charge in [0.15, 0.2) is 5.13 Å². The summed E-state index contributed by atoms with van der Waals surface area (Å²) in [6.07, 6.45) is 3.70. The molecule has 3 aromatic carbocycles. The van der Waals surface area contributed by atoms with E-state index in [1.165, 1.54) is 23.1 Å². The van der Waals surface area contributed by atoms with Gasteiger partial charge in [0.25, 0.3) is 5.78 Å². The molecule has 7 nitrogen and oxygen atoms in total. The predicted octanol–water partition coefficient (Wildman–Crippen LogP) is 6.95. The Morgan fingerprint density at radius 1 is 1.15 bits per heavy atom. The van der Waals surface area contributed by atoms with Crippen molar-refractivity contribution in [3.63, 3.8) is 0 Å². The van der Waals surface area contributed by atoms with Crippen LogP contribution in [0.1, 0.15) is 55.8 Å². The molecule has 6 rings (SSSR count). The van der Waals surface area contributed by atoms with Crippen LogP contribution in [-0.4, -0.2) is 34.5 Å². The minimum absolute atomic E-state index is 0.0110. The van der Waals surface area contributed by atoms with E-state index in [-0.39, 0.29) is 22.6 Å². The highest BCUT2D eigenvalue weighted by Crippen LogP contribution is 2.45. The predicted molar refractivity (Wildman–Crippen MR) is 156 cm³/mol. The van der Waals surface area contributed by atoms with E-state index in [0.29, 0.717) is 40.1 Å². The molecule has 3 heterocycles. The van der Waals surface area contributed by atoms with Crippen LogP contribution in [0.2, 0.25) is 0 Å². The van der Waals surface area contributed by atoms with Crippen LogP contribution >= 0.6 is 11.3 Å². The van der Waals surface area contributed by atoms with Crippen LogP contribution in [0.4, 0.5) is 9.52 Å². The number of nitrogens with zero attached hydrogens (tertiary/aromatic N) is 2. The Balaban J connectivity index is 1.47. The molecular formula is C32H29FN2O5S. The normalized spacial score (nSPS) is 19.5. The summed E-state index contributed by atoms with van der Waals surface area (Å²) in [6.45, 7) is 4.62. The number of aromatic nitrogens is 1. The maximum atomic E-state index is 14.0. The third-order valence-corrected chi connectivity index (χ3v) is 8.37. The van der Waals surface area contributed by atoms with Gasteiger partial charge < -0.3 is 14.6 Å². The Kier molecular flexibility index (Phi) is 7.21. The second-order valence-corrected chi connectivity index (χ2v) is 11.4. The average molecular weight is 573 g/mol. The first-order chi connectivity index (χ1) is 19.8. The Labute approximate surface area is 240 Å². The number of rotatable bonds is 8. The fraction of sp³-hybridized carbons (Fsp3) is 0.281. The minimum Gasteiger partial charge on any atom is -0.507 e. The standard InChI is InChI=1S/C32H29FN2O5S/c1-3-4-5-13-39-23-8-6-7-19(16-23)28-27(29(36)20-9-12-25-21(15-20)14-18(2)40-25)30(37)31(38)35(28)32-34-24-11-10-22(33)17-26(24)41-32/h6-12,15-18,28,36H,3-5,13-14H2,1-2H3/b29-27+/t18-,28-/m0/s1. The van der Waals surface area contributed by atoms with Gasteiger partial charge in [-0.15, -0.1) is 0 Å². The zero-order valence-electron chi connectivity index (χ0n) is 22.7. The lowest BCUT2D eigenvalue weighted by molar-refractivity contribution is -0.132. The Morgan fingerprint density at radius 3 is 2.83 bits per heavy atom. The lowest BCUT2D eigenvalue weighted by Crippen LogP contribution is -2.29. The van der Waals surface area contributed by atoms with Gasteiger partial charge in [-0.1, -0.05) is 43.2 Å². The van der Waals surface area contributed by atoms with Gasteiger partial charge in [0.1, 0.15) is 29.2 Å². The van der Waals surface area contributed by atoms with Crippen molar-refractivity contribution >= 4 is 44.1 Å². The summed E-state index contributed by atoms with van der Waals surface area (Å²) in [6, 6.07) is 15.7. The molecule has 0 bridgehead atoms. The maximum Gasteiger partial charge on any atom is 0.301 e. The number of unbranched alkanes of at least 4 members (excludes halogenated alkanes) is 2. The smallest absolute Gasteiger partial charge is 0.301 e. The third kappa shape index (κ3) is 5.06. The molecule has 0 radical (unpaired) electrons. The van der Waals surface area contributed by atoms with Gasteiger partial charge in [0.2, 0.25) is 0 Å². The molecule has 2 atom stereocenters. The molecule has 1 N–H and O–H groups in total. The van der Waals surface area contributed by atoms with Crippen LogP contribution in [0.25, 0.3) is 16.0 Å². The molecule has 4 aromatic rings. The minimum atomic E-state index is -0.969. The van der Waals surface area contributed by atoms with Gasteiger partial charge >= 0.3 is 5.91 Å². The van der Waals surface area contributed by atoms with E-state index in [4.69, 9.17) is 9.47 Å². The molecule has 9 heteroatoms. The van der Waals surface area contributed by atoms with Crippen LogP contribution in [0.3, 0.4) is 0 Å². The fourth-order valence-corrected chi connectivity index (χ4v) is 6.39. The van der Waals surface area contributed by atoms with E-state index >= 15 is 0 Å². The molecule has 2 aliphatic rings. The van der Waals surface area contributed by atoms with Gasteiger partial charge in [0.05, 0.1) is 28.4 Å². The molecule has 210 valence electrons. The zero-order valence-corrected chi connectivity index (χ0v) is 23.5. The average Bonchev–Trinajstić information content (AvgIpc) is 3.62. The molecule has 0 saturated carbocycles. The number of aliphatic hydroxyl groups excluding tert-OH is 1. The summed E-state index contributed by atoms with van der Waals surface area (Å²) < 4.78 is 26.3. The van der Waals surface area contributed by atoms with Crippen LogP contribution in [-0.2, 0) is 16.0 Å². The van der Waals surface area contributed by atoms with Crippen molar-refractivity contribution in [2.45, 2.75) is 51.7 Å². The number of Topliss-reactive ketones (excluding diaryl/α,β-unsaturated/α-hetero) is 1. The monoisotopic (exact) mass is 572 g/mol. The molecule has 1 saturated heterocycles. The molecule has 2 aliphatic heterocycles. The van der Waals surface area contributed by atoms with E-state index in [1.807, 2.05) is 13.0 Å². The van der Waals surface area contributed by atoms with Gasteiger partial charge in [-0.25, -0.2) is 9.37 Å². The number of benzene rings is 3. The van der Waals surface area contributed by atoms with Crippen molar-refractivity contribution in [1.29, 1.82) is 0 Å². The Morgan fingerprint density at radius 2 is 2.00 bits per heavy atom. The second-order valence-electron chi connectivity index (χ2n) is 10.4. The van der Waals surface area contributed by atoms with Crippen molar-refractivity contribution in [3.8, 4) is 11.5 Å². The number of amides is 1. The number of hydrogen-bond acceptors (Lipinski definition) is 7. The van der Waals surface area contributed by atoms with Crippen molar-refractivity contribution in [1.82, 2.24) is 4.98 Å². The molecule has 1 aromatic heterocycles. The number of ketones is 1. The number of hydrogen-bond donors (Lipinski definition) is 1. The van der Waals surface area contributed by atoms with Crippen molar-refractivity contribution in [2.24, 2.45) is 0 Å². The van der Waals surface area contributed by atoms with Crippen LogP contribution < -0.4 is 14.4 Å². The highest BCUT2D eigenvalue weighted by Gasteiger charge is 2.48. The summed E-state index contributed by atoms with van der Waals surface area (Å²) >= 11 is 1.11. The first-order valence-electron chi connectivity index (χ1n) is 13.7. The van der Waals surface area contributed by atoms with E-state index in [1.54, 1.807) is 36.4 Å². The number of carbonyl (C=O) groups is 2. The summed E-state index contributed by atoms with van der Waals surface area (Å²) in [4.78, 5) is 33.1. The van der Waals surface area contributed by atoms with Crippen molar-refractivity contribution in [3.05, 3.63) is 88.7 Å². The number of anilines is 1. The summed E-state index contributed by atoms with van der Waals surface area (Å²) in [5.41, 5.74) is 2.39. The van der Waals surface area contributed by atoms with Gasteiger partial charge in [-0.3, -0.25) is 14.5 Å². The molecule has 0 unspecified atom stereocenters. The molecule has 1 fully saturated rings. The van der Waals surface area contributed by atoms with Crippen LogP contribution in [0.5, 0.6) is 11.5 Å². The number of halogens is 1. The topological polar surface area (TPSA) is 89.0 Å². The van der Waals surface area contributed by atoms with Gasteiger partial charge in [-0.2, -0.15) is 0 Å². The van der Waals surface area contributed by atoms with E-state index < -0.39 is 23.5 Å². The van der Waals surface area contributed by atoms with E-state index in [0.717, 1.165) is 41.9 Å². The van der Waals surface area contributed by atoms with Gasteiger partial charge in [-0.05, 0) is 73.0 Å². The summed E-state index contributed by atoms with van der Waals surface area (Å²) in [5.74, 6) is -1.01. The van der Waals surface area contributed by atoms with Crippen LogP contribution in [0, 0.1) is 5.82 Å². The SMILES string of the molecule is CCCCCOc1cccc([C@H]2/C(=C(\O)c3ccc4c(c3)C[C@H](C)O4)C(=O)C(=O)N2c2nc3ccc(F)cc3s2)c1. The lowest BCUT2D eigenvalue weighted by Gasteiger charge is -2.23. The van der Waals surface area contributed by atoms with Crippen molar-refractivity contribution in [2.75, 3.05) is 11.5 Å². The molecule has 0 spiro atoms. The third-order valence-electron chi connectivity index (χ3n) is 7.35. The second kappa shape index (κ2) is 11.0. The van der Waals surface area contributed by atoms with Crippen LogP contribution in [0.15, 0.2) is 66.2 Å². The quantitative estimate of drug-likeness (QED) is 0.106. The van der Waals surface area contributed by atoms with Crippen molar-refractivity contribution < 1.29 is 28.6 Å². The number of aliphatic hydroxyl groups is 1. The molecule has 1 amide bonds. The number of carbonyl (C=O) groups excluding carboxylic acids is 2. The summed E-state index contributed by atoms with van der Waals surface area (Å²) in [5, 5.41) is 11.8. The lowest BCUT2D eigenvalue weighted by atomic mass is 9.94. The number of thiazole rings is 1. The number of fused-ring (bicyclic) bond motifs is 2. The molecule has 0 aliphatic carbocycles. The first kappa shape index (κ1) is 27.0. The first-order valence-corrected chi connectivity index (χ1v) is 14.6. The molecular weight excluding hydrogens is 543 g/mol.